The molecule has 5 nitrogen and oxygen atoms in total. The van der Waals surface area contributed by atoms with Gasteiger partial charge in [0.15, 0.2) is 0 Å². The maximum atomic E-state index is 12.0. The van der Waals surface area contributed by atoms with E-state index in [4.69, 9.17) is 32.7 Å². The first kappa shape index (κ1) is 17.7. The van der Waals surface area contributed by atoms with Gasteiger partial charge >= 0.3 is 0 Å². The molecule has 0 amide bonds. The topological polar surface area (TPSA) is 64.6 Å². The van der Waals surface area contributed by atoms with Crippen molar-refractivity contribution in [1.29, 1.82) is 0 Å². The molecule has 0 unspecified atom stereocenters. The smallest absolute Gasteiger partial charge is 0.242 e. The fraction of sp³-hybridized carbons (Fsp3) is 0.500. The monoisotopic (exact) mass is 341 g/mol. The van der Waals surface area contributed by atoms with Crippen molar-refractivity contribution in [3.63, 3.8) is 0 Å². The summed E-state index contributed by atoms with van der Waals surface area (Å²) >= 11 is 11.7. The fourth-order valence-electron chi connectivity index (χ4n) is 1.39. The summed E-state index contributed by atoms with van der Waals surface area (Å²) in [7, 11) is -2.07. The van der Waals surface area contributed by atoms with Crippen LogP contribution in [0.3, 0.4) is 0 Å². The van der Waals surface area contributed by atoms with Crippen molar-refractivity contribution in [2.24, 2.45) is 0 Å². The number of ether oxygens (including phenoxy) is 2. The average molecular weight is 342 g/mol. The Morgan fingerprint density at radius 2 is 1.95 bits per heavy atom. The Morgan fingerprint density at radius 1 is 1.20 bits per heavy atom. The van der Waals surface area contributed by atoms with Crippen molar-refractivity contribution in [2.75, 3.05) is 33.5 Å². The van der Waals surface area contributed by atoms with Gasteiger partial charge in [0.25, 0.3) is 0 Å². The molecule has 20 heavy (non-hydrogen) atoms. The summed E-state index contributed by atoms with van der Waals surface area (Å²) in [5, 5.41) is 0.232. The van der Waals surface area contributed by atoms with Crippen LogP contribution in [0.4, 0.5) is 0 Å². The average Bonchev–Trinajstić information content (AvgIpc) is 2.40. The molecule has 0 aliphatic heterocycles. The summed E-state index contributed by atoms with van der Waals surface area (Å²) < 4.78 is 36.6. The van der Waals surface area contributed by atoms with Gasteiger partial charge in [0.05, 0.1) is 23.3 Å². The first-order chi connectivity index (χ1) is 9.49. The molecule has 0 aliphatic carbocycles. The number of benzene rings is 1. The minimum Gasteiger partial charge on any atom is -0.382 e. The van der Waals surface area contributed by atoms with Crippen LogP contribution in [-0.2, 0) is 19.5 Å². The molecule has 0 radical (unpaired) electrons. The lowest BCUT2D eigenvalue weighted by Gasteiger charge is -2.09. The van der Waals surface area contributed by atoms with Crippen molar-refractivity contribution in [3.05, 3.63) is 28.2 Å². The van der Waals surface area contributed by atoms with Crippen LogP contribution >= 0.6 is 23.2 Å². The van der Waals surface area contributed by atoms with E-state index in [1.165, 1.54) is 18.2 Å². The summed E-state index contributed by atoms with van der Waals surface area (Å²) in [6.45, 7) is 1.72. The predicted octanol–water partition coefficient (Wildman–Crippen LogP) is 2.32. The summed E-state index contributed by atoms with van der Waals surface area (Å²) in [5.74, 6) is 0. The standard InChI is InChI=1S/C12H17Cl2NO4S/c1-18-8-9-19-7-3-6-15-20(16,17)11-5-2-4-10(13)12(11)14/h2,4-5,15H,3,6-9H2,1H3. The molecule has 0 spiro atoms. The Kier molecular flexibility index (Phi) is 7.79. The van der Waals surface area contributed by atoms with E-state index in [1.807, 2.05) is 0 Å². The third kappa shape index (κ3) is 5.55. The van der Waals surface area contributed by atoms with Gasteiger partial charge in [0.1, 0.15) is 4.90 Å². The van der Waals surface area contributed by atoms with Crippen molar-refractivity contribution in [3.8, 4) is 0 Å². The van der Waals surface area contributed by atoms with Crippen LogP contribution in [0.1, 0.15) is 6.42 Å². The van der Waals surface area contributed by atoms with Crippen LogP contribution < -0.4 is 4.72 Å². The zero-order valence-electron chi connectivity index (χ0n) is 11.1. The second-order valence-electron chi connectivity index (χ2n) is 3.91. The van der Waals surface area contributed by atoms with E-state index >= 15 is 0 Å². The van der Waals surface area contributed by atoms with E-state index in [0.717, 1.165) is 0 Å². The molecule has 0 aromatic heterocycles. The highest BCUT2D eigenvalue weighted by molar-refractivity contribution is 7.89. The van der Waals surface area contributed by atoms with Crippen LogP contribution in [-0.4, -0.2) is 41.9 Å². The Bertz CT molecular complexity index is 522. The van der Waals surface area contributed by atoms with Crippen LogP contribution in [0, 0.1) is 0 Å². The van der Waals surface area contributed by atoms with Gasteiger partial charge in [-0.15, -0.1) is 0 Å². The number of methoxy groups -OCH3 is 1. The number of hydrogen-bond donors (Lipinski definition) is 1. The third-order valence-electron chi connectivity index (χ3n) is 2.40. The molecule has 1 aromatic rings. The number of hydrogen-bond acceptors (Lipinski definition) is 4. The highest BCUT2D eigenvalue weighted by Gasteiger charge is 2.18. The summed E-state index contributed by atoms with van der Waals surface area (Å²) in [6.07, 6.45) is 0.557. The third-order valence-corrected chi connectivity index (χ3v) is 4.83. The van der Waals surface area contributed by atoms with Gasteiger partial charge in [-0.25, -0.2) is 13.1 Å². The molecule has 1 rings (SSSR count). The molecule has 0 bridgehead atoms. The fourth-order valence-corrected chi connectivity index (χ4v) is 3.23. The van der Waals surface area contributed by atoms with Crippen molar-refractivity contribution in [1.82, 2.24) is 4.72 Å². The van der Waals surface area contributed by atoms with Crippen molar-refractivity contribution >= 4 is 33.2 Å². The Morgan fingerprint density at radius 3 is 2.65 bits per heavy atom. The molecule has 8 heteroatoms. The molecule has 1 N–H and O–H groups in total. The van der Waals surface area contributed by atoms with Gasteiger partial charge in [-0.1, -0.05) is 29.3 Å². The lowest BCUT2D eigenvalue weighted by Crippen LogP contribution is -2.26. The molecule has 0 saturated carbocycles. The molecular formula is C12H17Cl2NO4S. The Hall–Kier alpha value is -0.370. The summed E-state index contributed by atoms with van der Waals surface area (Å²) in [5.41, 5.74) is 0. The predicted molar refractivity (Wildman–Crippen MR) is 79.0 cm³/mol. The lowest BCUT2D eigenvalue weighted by atomic mass is 10.4. The van der Waals surface area contributed by atoms with E-state index in [9.17, 15) is 8.42 Å². The summed E-state index contributed by atoms with van der Waals surface area (Å²) in [6, 6.07) is 4.48. The van der Waals surface area contributed by atoms with Gasteiger partial charge in [0.2, 0.25) is 10.0 Å². The molecule has 0 fully saturated rings. The van der Waals surface area contributed by atoms with Gasteiger partial charge in [0, 0.05) is 20.3 Å². The largest absolute Gasteiger partial charge is 0.382 e. The lowest BCUT2D eigenvalue weighted by molar-refractivity contribution is 0.0699. The van der Waals surface area contributed by atoms with E-state index in [0.29, 0.717) is 26.2 Å². The van der Waals surface area contributed by atoms with E-state index in [2.05, 4.69) is 4.72 Å². The van der Waals surface area contributed by atoms with Gasteiger partial charge in [-0.3, -0.25) is 0 Å². The van der Waals surface area contributed by atoms with Gasteiger partial charge in [-0.2, -0.15) is 0 Å². The van der Waals surface area contributed by atoms with Gasteiger partial charge < -0.3 is 9.47 Å². The highest BCUT2D eigenvalue weighted by Crippen LogP contribution is 2.28. The van der Waals surface area contributed by atoms with Crippen LogP contribution in [0.2, 0.25) is 10.0 Å². The maximum Gasteiger partial charge on any atom is 0.242 e. The van der Waals surface area contributed by atoms with Crippen molar-refractivity contribution < 1.29 is 17.9 Å². The minimum absolute atomic E-state index is 0.0213. The van der Waals surface area contributed by atoms with Crippen molar-refractivity contribution in [2.45, 2.75) is 11.3 Å². The maximum absolute atomic E-state index is 12.0. The molecular weight excluding hydrogens is 325 g/mol. The first-order valence-electron chi connectivity index (χ1n) is 5.99. The molecule has 0 aliphatic rings. The quantitative estimate of drug-likeness (QED) is 0.700. The number of rotatable bonds is 9. The molecule has 1 aromatic carbocycles. The summed E-state index contributed by atoms with van der Waals surface area (Å²) in [4.78, 5) is -0.0213. The zero-order valence-corrected chi connectivity index (χ0v) is 13.4. The number of halogens is 2. The second-order valence-corrected chi connectivity index (χ2v) is 6.43. The number of nitrogens with one attached hydrogen (secondary N) is 1. The first-order valence-corrected chi connectivity index (χ1v) is 8.23. The van der Waals surface area contributed by atoms with Crippen LogP contribution in [0.5, 0.6) is 0 Å². The highest BCUT2D eigenvalue weighted by atomic mass is 35.5. The van der Waals surface area contributed by atoms with Crippen LogP contribution in [0.15, 0.2) is 23.1 Å². The SMILES string of the molecule is COCCOCCCNS(=O)(=O)c1cccc(Cl)c1Cl. The van der Waals surface area contributed by atoms with Crippen LogP contribution in [0.25, 0.3) is 0 Å². The zero-order chi connectivity index (χ0) is 15.0. The number of sulfonamides is 1. The van der Waals surface area contributed by atoms with E-state index < -0.39 is 10.0 Å². The molecule has 114 valence electrons. The molecule has 0 heterocycles. The molecule has 0 atom stereocenters. The molecule has 0 saturated heterocycles. The Balaban J connectivity index is 2.44. The second kappa shape index (κ2) is 8.81. The minimum atomic E-state index is -3.66. The van der Waals surface area contributed by atoms with E-state index in [1.54, 1.807) is 7.11 Å². The van der Waals surface area contributed by atoms with E-state index in [-0.39, 0.29) is 21.5 Å². The van der Waals surface area contributed by atoms with Gasteiger partial charge in [-0.05, 0) is 18.6 Å². The Labute approximate surface area is 129 Å². The normalized spacial score (nSPS) is 11.8.